The lowest BCUT2D eigenvalue weighted by Crippen LogP contribution is -2.14. The zero-order valence-corrected chi connectivity index (χ0v) is 13.2. The Balaban J connectivity index is 2.39. The van der Waals surface area contributed by atoms with E-state index in [0.717, 1.165) is 5.20 Å². The zero-order valence-electron chi connectivity index (χ0n) is 12.2. The molecular formula is C18H18O2Si. The lowest BCUT2D eigenvalue weighted by atomic mass is 10.0. The van der Waals surface area contributed by atoms with E-state index in [1.165, 1.54) is 11.1 Å². The fraction of sp³-hybridized carbons (Fsp3) is 0.167. The number of hydrogen-bond acceptors (Lipinski definition) is 1. The van der Waals surface area contributed by atoms with Crippen LogP contribution in [0.5, 0.6) is 0 Å². The highest BCUT2D eigenvalue weighted by Crippen LogP contribution is 2.25. The van der Waals surface area contributed by atoms with E-state index in [1.54, 1.807) is 6.92 Å². The minimum Gasteiger partial charge on any atom is -0.478 e. The normalized spacial score (nSPS) is 12.1. The Kier molecular flexibility index (Phi) is 5.12. The molecule has 0 amide bonds. The van der Waals surface area contributed by atoms with Crippen molar-refractivity contribution < 1.29 is 9.90 Å². The molecule has 3 heteroatoms. The van der Waals surface area contributed by atoms with Crippen molar-refractivity contribution in [2.45, 2.75) is 19.4 Å². The quantitative estimate of drug-likeness (QED) is 0.671. The van der Waals surface area contributed by atoms with Gasteiger partial charge < -0.3 is 5.11 Å². The molecule has 0 aromatic heterocycles. The monoisotopic (exact) mass is 294 g/mol. The maximum atomic E-state index is 11.1. The molecule has 106 valence electrons. The second-order valence-corrected chi connectivity index (χ2v) is 6.57. The standard InChI is InChI=1S/C18H18O2Si/c1-13(18(19)20)14(2)21-17(15-9-5-3-6-10-15)16-11-7-4-8-12-16/h3-12,17H,1-2H3,(H,19,20)/b14-13+. The molecule has 0 aliphatic heterocycles. The Morgan fingerprint density at radius 1 is 0.905 bits per heavy atom. The molecule has 0 unspecified atom stereocenters. The van der Waals surface area contributed by atoms with Gasteiger partial charge in [0.1, 0.15) is 0 Å². The van der Waals surface area contributed by atoms with Gasteiger partial charge in [0.2, 0.25) is 0 Å². The van der Waals surface area contributed by atoms with Crippen LogP contribution in [0.25, 0.3) is 0 Å². The number of carboxylic acid groups (broad SMARTS) is 1. The predicted octanol–water partition coefficient (Wildman–Crippen LogP) is 3.86. The van der Waals surface area contributed by atoms with Crippen LogP contribution in [0.3, 0.4) is 0 Å². The summed E-state index contributed by atoms with van der Waals surface area (Å²) in [5, 5.41) is 10.1. The van der Waals surface area contributed by atoms with Crippen LogP contribution in [0.4, 0.5) is 0 Å². The fourth-order valence-corrected chi connectivity index (χ4v) is 3.61. The maximum absolute atomic E-state index is 11.1. The van der Waals surface area contributed by atoms with Gasteiger partial charge in [0.15, 0.2) is 0 Å². The Morgan fingerprint density at radius 3 is 1.71 bits per heavy atom. The molecule has 2 aromatic rings. The average Bonchev–Trinajstić information content (AvgIpc) is 2.53. The molecule has 21 heavy (non-hydrogen) atoms. The number of hydrogen-bond donors (Lipinski definition) is 1. The first-order chi connectivity index (χ1) is 10.1. The van der Waals surface area contributed by atoms with E-state index in [-0.39, 0.29) is 5.54 Å². The molecule has 2 radical (unpaired) electrons. The third-order valence-corrected chi connectivity index (χ3v) is 5.27. The maximum Gasteiger partial charge on any atom is 0.330 e. The topological polar surface area (TPSA) is 37.3 Å². The highest BCUT2D eigenvalue weighted by molar-refractivity contribution is 6.49. The summed E-state index contributed by atoms with van der Waals surface area (Å²) in [6, 6.07) is 20.5. The molecule has 0 atom stereocenters. The number of carboxylic acids is 1. The summed E-state index contributed by atoms with van der Waals surface area (Å²) in [4.78, 5) is 11.1. The molecule has 0 fully saturated rings. The fourth-order valence-electron chi connectivity index (χ4n) is 2.14. The summed E-state index contributed by atoms with van der Waals surface area (Å²) in [6.07, 6.45) is 0. The third kappa shape index (κ3) is 3.92. The van der Waals surface area contributed by atoms with E-state index in [9.17, 15) is 4.79 Å². The largest absolute Gasteiger partial charge is 0.478 e. The molecule has 0 heterocycles. The Labute approximate surface area is 128 Å². The van der Waals surface area contributed by atoms with Gasteiger partial charge in [0, 0.05) is 11.1 Å². The summed E-state index contributed by atoms with van der Waals surface area (Å²) in [5.41, 5.74) is 3.10. The molecule has 0 saturated carbocycles. The van der Waals surface area contributed by atoms with Gasteiger partial charge in [-0.1, -0.05) is 65.9 Å². The molecule has 0 aliphatic rings. The van der Waals surface area contributed by atoms with Gasteiger partial charge in [-0.3, -0.25) is 0 Å². The zero-order chi connectivity index (χ0) is 15.2. The smallest absolute Gasteiger partial charge is 0.330 e. The van der Waals surface area contributed by atoms with E-state index in [1.807, 2.05) is 43.3 Å². The predicted molar refractivity (Wildman–Crippen MR) is 86.5 cm³/mol. The van der Waals surface area contributed by atoms with Gasteiger partial charge in [0.05, 0.1) is 9.52 Å². The van der Waals surface area contributed by atoms with Crippen molar-refractivity contribution in [3.63, 3.8) is 0 Å². The van der Waals surface area contributed by atoms with Crippen LogP contribution in [0.1, 0.15) is 30.5 Å². The lowest BCUT2D eigenvalue weighted by molar-refractivity contribution is -0.132. The van der Waals surface area contributed by atoms with E-state index in [0.29, 0.717) is 15.1 Å². The molecule has 1 N–H and O–H groups in total. The molecule has 0 spiro atoms. The molecule has 2 nitrogen and oxygen atoms in total. The van der Waals surface area contributed by atoms with E-state index in [4.69, 9.17) is 5.11 Å². The van der Waals surface area contributed by atoms with Crippen molar-refractivity contribution in [2.24, 2.45) is 0 Å². The summed E-state index contributed by atoms with van der Waals surface area (Å²) < 4.78 is 0. The minimum absolute atomic E-state index is 0.210. The first-order valence-corrected chi connectivity index (χ1v) is 7.94. The molecule has 0 bridgehead atoms. The number of aliphatic carboxylic acids is 1. The van der Waals surface area contributed by atoms with Crippen LogP contribution in [-0.2, 0) is 4.79 Å². The molecule has 2 rings (SSSR count). The highest BCUT2D eigenvalue weighted by Gasteiger charge is 2.17. The summed E-state index contributed by atoms with van der Waals surface area (Å²) in [6.45, 7) is 3.60. The number of allylic oxidation sites excluding steroid dienone is 1. The van der Waals surface area contributed by atoms with E-state index < -0.39 is 5.97 Å². The van der Waals surface area contributed by atoms with Crippen molar-refractivity contribution in [1.82, 2.24) is 0 Å². The lowest BCUT2D eigenvalue weighted by Gasteiger charge is -2.18. The van der Waals surface area contributed by atoms with E-state index >= 15 is 0 Å². The van der Waals surface area contributed by atoms with Gasteiger partial charge in [-0.05, 0) is 25.0 Å². The van der Waals surface area contributed by atoms with Crippen molar-refractivity contribution in [2.75, 3.05) is 0 Å². The van der Waals surface area contributed by atoms with Crippen molar-refractivity contribution in [3.8, 4) is 0 Å². The van der Waals surface area contributed by atoms with Gasteiger partial charge >= 0.3 is 5.97 Å². The summed E-state index contributed by atoms with van der Waals surface area (Å²) in [5.74, 6) is -0.833. The van der Waals surface area contributed by atoms with Gasteiger partial charge in [-0.25, -0.2) is 4.79 Å². The van der Waals surface area contributed by atoms with Gasteiger partial charge in [-0.2, -0.15) is 0 Å². The van der Waals surface area contributed by atoms with Crippen molar-refractivity contribution >= 4 is 15.5 Å². The van der Waals surface area contributed by atoms with Crippen LogP contribution in [0.15, 0.2) is 71.4 Å². The van der Waals surface area contributed by atoms with Crippen LogP contribution in [0.2, 0.25) is 0 Å². The third-order valence-electron chi connectivity index (χ3n) is 3.51. The number of rotatable bonds is 5. The second-order valence-electron chi connectivity index (χ2n) is 4.95. The van der Waals surface area contributed by atoms with Crippen LogP contribution in [0, 0.1) is 0 Å². The summed E-state index contributed by atoms with van der Waals surface area (Å²) >= 11 is 0. The molecule has 0 saturated heterocycles. The SMILES string of the molecule is C/C([Si]C(c1ccccc1)c1ccccc1)=C(/C)C(=O)O. The van der Waals surface area contributed by atoms with E-state index in [2.05, 4.69) is 24.3 Å². The molecule has 0 aliphatic carbocycles. The minimum atomic E-state index is -0.833. The average molecular weight is 294 g/mol. The molecular weight excluding hydrogens is 276 g/mol. The molecule has 2 aromatic carbocycles. The van der Waals surface area contributed by atoms with Crippen LogP contribution < -0.4 is 0 Å². The number of carbonyl (C=O) groups is 1. The van der Waals surface area contributed by atoms with Crippen LogP contribution in [-0.4, -0.2) is 20.6 Å². The van der Waals surface area contributed by atoms with Crippen LogP contribution >= 0.6 is 0 Å². The Hall–Kier alpha value is -2.13. The van der Waals surface area contributed by atoms with Gasteiger partial charge in [-0.15, -0.1) is 0 Å². The van der Waals surface area contributed by atoms with Crippen molar-refractivity contribution in [3.05, 3.63) is 82.6 Å². The first-order valence-electron chi connectivity index (χ1n) is 6.87. The number of benzene rings is 2. The Bertz CT molecular complexity index is 593. The van der Waals surface area contributed by atoms with Crippen molar-refractivity contribution in [1.29, 1.82) is 0 Å². The van der Waals surface area contributed by atoms with Gasteiger partial charge in [0.25, 0.3) is 0 Å². The first kappa shape index (κ1) is 15.3. The Morgan fingerprint density at radius 2 is 1.33 bits per heavy atom. The second kappa shape index (κ2) is 7.04. The summed E-state index contributed by atoms with van der Waals surface area (Å²) in [7, 11) is 0.424. The highest BCUT2D eigenvalue weighted by atomic mass is 28.2.